The molecule has 0 heterocycles. The van der Waals surface area contributed by atoms with Gasteiger partial charge in [0.1, 0.15) is 0 Å². The molecular weight excluding hydrogens is 176 g/mol. The van der Waals surface area contributed by atoms with Crippen molar-refractivity contribution in [2.45, 2.75) is 59.3 Å². The van der Waals surface area contributed by atoms with Crippen LogP contribution in [0.2, 0.25) is 0 Å². The van der Waals surface area contributed by atoms with Crippen molar-refractivity contribution in [1.29, 1.82) is 0 Å². The average Bonchev–Trinajstić information content (AvgIpc) is 2.14. The van der Waals surface area contributed by atoms with Gasteiger partial charge in [-0.2, -0.15) is 0 Å². The third-order valence-corrected chi connectivity index (χ3v) is 2.94. The van der Waals surface area contributed by atoms with Crippen molar-refractivity contribution in [3.63, 3.8) is 0 Å². The minimum absolute atomic E-state index is 0.324. The fraction of sp³-hybridized carbons (Fsp3) is 0.917. The first-order valence-corrected chi connectivity index (χ1v) is 5.78. The van der Waals surface area contributed by atoms with Gasteiger partial charge in [-0.05, 0) is 18.3 Å². The molecule has 0 aliphatic heterocycles. The molecule has 0 aliphatic rings. The van der Waals surface area contributed by atoms with Crippen molar-refractivity contribution in [2.24, 2.45) is 11.8 Å². The molecule has 0 aromatic heterocycles. The zero-order valence-electron chi connectivity index (χ0n) is 9.75. The van der Waals surface area contributed by atoms with Gasteiger partial charge in [-0.15, -0.1) is 0 Å². The van der Waals surface area contributed by atoms with Crippen molar-refractivity contribution in [1.82, 2.24) is 0 Å². The first-order chi connectivity index (χ1) is 6.56. The Hall–Kier alpha value is -0.530. The van der Waals surface area contributed by atoms with Gasteiger partial charge >= 0.3 is 5.97 Å². The van der Waals surface area contributed by atoms with E-state index in [2.05, 4.69) is 20.8 Å². The van der Waals surface area contributed by atoms with E-state index < -0.39 is 5.97 Å². The van der Waals surface area contributed by atoms with Crippen LogP contribution in [0.4, 0.5) is 0 Å². The molecule has 0 saturated carbocycles. The van der Waals surface area contributed by atoms with E-state index >= 15 is 0 Å². The van der Waals surface area contributed by atoms with Crippen molar-refractivity contribution in [2.75, 3.05) is 0 Å². The quantitative estimate of drug-likeness (QED) is 0.648. The van der Waals surface area contributed by atoms with E-state index in [4.69, 9.17) is 5.11 Å². The minimum atomic E-state index is -0.668. The standard InChI is InChI=1S/C12H24O2/c1-4-10(2)6-5-7-11(3)8-9-12(13)14/h10-11H,4-9H2,1-3H3,(H,13,14)/t10-,11-/m1/s1. The summed E-state index contributed by atoms with van der Waals surface area (Å²) >= 11 is 0. The Labute approximate surface area is 87.7 Å². The van der Waals surface area contributed by atoms with E-state index in [1.54, 1.807) is 0 Å². The lowest BCUT2D eigenvalue weighted by atomic mass is 9.94. The number of hydrogen-bond acceptors (Lipinski definition) is 1. The van der Waals surface area contributed by atoms with Crippen molar-refractivity contribution < 1.29 is 9.90 Å². The van der Waals surface area contributed by atoms with Gasteiger partial charge in [-0.3, -0.25) is 4.79 Å². The summed E-state index contributed by atoms with van der Waals surface area (Å²) < 4.78 is 0. The lowest BCUT2D eigenvalue weighted by Gasteiger charge is -2.12. The summed E-state index contributed by atoms with van der Waals surface area (Å²) in [5, 5.41) is 8.51. The summed E-state index contributed by atoms with van der Waals surface area (Å²) in [5.41, 5.74) is 0. The molecule has 2 nitrogen and oxygen atoms in total. The van der Waals surface area contributed by atoms with Gasteiger partial charge in [0.15, 0.2) is 0 Å². The molecule has 0 aromatic carbocycles. The highest BCUT2D eigenvalue weighted by molar-refractivity contribution is 5.66. The summed E-state index contributed by atoms with van der Waals surface area (Å²) in [6.45, 7) is 6.65. The minimum Gasteiger partial charge on any atom is -0.481 e. The third kappa shape index (κ3) is 8.09. The van der Waals surface area contributed by atoms with Gasteiger partial charge in [0.05, 0.1) is 0 Å². The highest BCUT2D eigenvalue weighted by atomic mass is 16.4. The van der Waals surface area contributed by atoms with Crippen LogP contribution in [0.15, 0.2) is 0 Å². The normalized spacial score (nSPS) is 15.1. The molecule has 14 heavy (non-hydrogen) atoms. The fourth-order valence-corrected chi connectivity index (χ4v) is 1.53. The molecule has 0 fully saturated rings. The molecule has 0 amide bonds. The molecule has 0 aromatic rings. The maximum absolute atomic E-state index is 10.3. The average molecular weight is 200 g/mol. The summed E-state index contributed by atoms with van der Waals surface area (Å²) in [7, 11) is 0. The van der Waals surface area contributed by atoms with Crippen LogP contribution in [0.5, 0.6) is 0 Å². The Balaban J connectivity index is 3.35. The van der Waals surface area contributed by atoms with E-state index in [9.17, 15) is 4.79 Å². The molecule has 0 saturated heterocycles. The molecule has 0 unspecified atom stereocenters. The maximum Gasteiger partial charge on any atom is 0.303 e. The number of rotatable bonds is 8. The highest BCUT2D eigenvalue weighted by Crippen LogP contribution is 2.17. The van der Waals surface area contributed by atoms with E-state index in [0.717, 1.165) is 12.3 Å². The van der Waals surface area contributed by atoms with Crippen LogP contribution in [-0.2, 0) is 4.79 Å². The highest BCUT2D eigenvalue weighted by Gasteiger charge is 2.06. The van der Waals surface area contributed by atoms with E-state index in [1.807, 2.05) is 0 Å². The Morgan fingerprint density at radius 3 is 2.21 bits per heavy atom. The van der Waals surface area contributed by atoms with Gasteiger partial charge in [0.25, 0.3) is 0 Å². The lowest BCUT2D eigenvalue weighted by molar-refractivity contribution is -0.137. The van der Waals surface area contributed by atoms with Gasteiger partial charge in [0.2, 0.25) is 0 Å². The monoisotopic (exact) mass is 200 g/mol. The molecule has 0 bridgehead atoms. The van der Waals surface area contributed by atoms with Crippen LogP contribution >= 0.6 is 0 Å². The fourth-order valence-electron chi connectivity index (χ4n) is 1.53. The van der Waals surface area contributed by atoms with Crippen LogP contribution < -0.4 is 0 Å². The van der Waals surface area contributed by atoms with E-state index in [1.165, 1.54) is 25.7 Å². The first kappa shape index (κ1) is 13.5. The first-order valence-electron chi connectivity index (χ1n) is 5.78. The zero-order valence-corrected chi connectivity index (χ0v) is 9.75. The number of hydrogen-bond donors (Lipinski definition) is 1. The Morgan fingerprint density at radius 1 is 1.14 bits per heavy atom. The molecule has 2 atom stereocenters. The SMILES string of the molecule is CC[C@@H](C)CCC[C@@H](C)CCC(=O)O. The van der Waals surface area contributed by atoms with Gasteiger partial charge in [-0.25, -0.2) is 0 Å². The van der Waals surface area contributed by atoms with Crippen molar-refractivity contribution in [3.05, 3.63) is 0 Å². The molecule has 84 valence electrons. The maximum atomic E-state index is 10.3. The third-order valence-electron chi connectivity index (χ3n) is 2.94. The Morgan fingerprint density at radius 2 is 1.71 bits per heavy atom. The summed E-state index contributed by atoms with van der Waals surface area (Å²) in [6.07, 6.45) is 6.12. The second-order valence-corrected chi connectivity index (χ2v) is 4.48. The van der Waals surface area contributed by atoms with E-state index in [0.29, 0.717) is 12.3 Å². The summed E-state index contributed by atoms with van der Waals surface area (Å²) in [4.78, 5) is 10.3. The van der Waals surface area contributed by atoms with Crippen LogP contribution in [-0.4, -0.2) is 11.1 Å². The number of aliphatic carboxylic acids is 1. The van der Waals surface area contributed by atoms with E-state index in [-0.39, 0.29) is 0 Å². The van der Waals surface area contributed by atoms with Gasteiger partial charge < -0.3 is 5.11 Å². The Bertz CT molecular complexity index is 154. The Kier molecular flexibility index (Phi) is 7.54. The van der Waals surface area contributed by atoms with Crippen LogP contribution in [0.3, 0.4) is 0 Å². The smallest absolute Gasteiger partial charge is 0.303 e. The molecule has 0 rings (SSSR count). The predicted molar refractivity (Wildman–Crippen MR) is 59.3 cm³/mol. The van der Waals surface area contributed by atoms with Crippen LogP contribution in [0.25, 0.3) is 0 Å². The topological polar surface area (TPSA) is 37.3 Å². The molecule has 0 spiro atoms. The summed E-state index contributed by atoms with van der Waals surface area (Å²) in [5.74, 6) is 0.718. The van der Waals surface area contributed by atoms with Crippen LogP contribution in [0, 0.1) is 11.8 Å². The molecule has 2 heteroatoms. The summed E-state index contributed by atoms with van der Waals surface area (Å²) in [6, 6.07) is 0. The van der Waals surface area contributed by atoms with Gasteiger partial charge in [-0.1, -0.05) is 46.5 Å². The molecular formula is C12H24O2. The molecule has 0 radical (unpaired) electrons. The lowest BCUT2D eigenvalue weighted by Crippen LogP contribution is -2.02. The largest absolute Gasteiger partial charge is 0.481 e. The number of carboxylic acids is 1. The number of carbonyl (C=O) groups is 1. The molecule has 1 N–H and O–H groups in total. The molecule has 0 aliphatic carbocycles. The second-order valence-electron chi connectivity index (χ2n) is 4.48. The zero-order chi connectivity index (χ0) is 11.0. The second kappa shape index (κ2) is 7.84. The predicted octanol–water partition coefficient (Wildman–Crippen LogP) is 3.70. The van der Waals surface area contributed by atoms with Gasteiger partial charge in [0, 0.05) is 6.42 Å². The van der Waals surface area contributed by atoms with Crippen molar-refractivity contribution >= 4 is 5.97 Å². The van der Waals surface area contributed by atoms with Crippen LogP contribution in [0.1, 0.15) is 59.3 Å². The number of carboxylic acid groups (broad SMARTS) is 1. The van der Waals surface area contributed by atoms with Crippen molar-refractivity contribution in [3.8, 4) is 0 Å².